The van der Waals surface area contributed by atoms with Crippen LogP contribution in [0.4, 0.5) is 0 Å². The molecule has 1 aliphatic carbocycles. The van der Waals surface area contributed by atoms with Crippen LogP contribution < -0.4 is 5.32 Å². The van der Waals surface area contributed by atoms with Crippen LogP contribution in [0.2, 0.25) is 0 Å². The van der Waals surface area contributed by atoms with Crippen molar-refractivity contribution in [1.82, 2.24) is 15.1 Å². The quantitative estimate of drug-likeness (QED) is 0.364. The Kier molecular flexibility index (Phi) is 7.82. The van der Waals surface area contributed by atoms with E-state index in [9.17, 15) is 8.42 Å². The van der Waals surface area contributed by atoms with Crippen LogP contribution in [-0.4, -0.2) is 81.0 Å². The molecule has 6 nitrogen and oxygen atoms in total. The van der Waals surface area contributed by atoms with E-state index in [-0.39, 0.29) is 29.9 Å². The zero-order valence-electron chi connectivity index (χ0n) is 15.5. The van der Waals surface area contributed by atoms with Crippen molar-refractivity contribution in [3.8, 4) is 0 Å². The average Bonchev–Trinajstić information content (AvgIpc) is 3.26. The van der Waals surface area contributed by atoms with E-state index in [1.165, 1.54) is 12.8 Å². The zero-order valence-corrected chi connectivity index (χ0v) is 18.6. The molecule has 1 N–H and O–H groups in total. The SMILES string of the molecule is CC(C)CN1CCN(C(=NCC2CCS(=O)(=O)C2)NC2CC2)CC1.I. The van der Waals surface area contributed by atoms with Crippen LogP contribution in [0.3, 0.4) is 0 Å². The van der Waals surface area contributed by atoms with E-state index in [0.717, 1.165) is 45.1 Å². The van der Waals surface area contributed by atoms with E-state index in [1.807, 2.05) is 0 Å². The number of hydrogen-bond acceptors (Lipinski definition) is 4. The largest absolute Gasteiger partial charge is 0.354 e. The molecular formula is C17H33IN4O2S. The van der Waals surface area contributed by atoms with Gasteiger partial charge in [0, 0.05) is 45.3 Å². The van der Waals surface area contributed by atoms with Gasteiger partial charge in [-0.15, -0.1) is 24.0 Å². The van der Waals surface area contributed by atoms with Crippen molar-refractivity contribution < 1.29 is 8.42 Å². The first kappa shape index (κ1) is 21.2. The number of rotatable bonds is 5. The molecule has 0 aromatic rings. The fourth-order valence-electron chi connectivity index (χ4n) is 3.54. The summed E-state index contributed by atoms with van der Waals surface area (Å²) in [4.78, 5) is 9.70. The molecule has 2 saturated heterocycles. The van der Waals surface area contributed by atoms with E-state index in [1.54, 1.807) is 0 Å². The second-order valence-electron chi connectivity index (χ2n) is 8.03. The predicted molar refractivity (Wildman–Crippen MR) is 113 cm³/mol. The normalized spacial score (nSPS) is 27.4. The molecule has 0 amide bonds. The van der Waals surface area contributed by atoms with Gasteiger partial charge in [-0.2, -0.15) is 0 Å². The number of piperazine rings is 1. The van der Waals surface area contributed by atoms with Gasteiger partial charge in [-0.25, -0.2) is 8.42 Å². The van der Waals surface area contributed by atoms with Gasteiger partial charge >= 0.3 is 0 Å². The number of sulfone groups is 1. The average molecular weight is 484 g/mol. The summed E-state index contributed by atoms with van der Waals surface area (Å²) < 4.78 is 23.2. The Morgan fingerprint density at radius 2 is 1.84 bits per heavy atom. The Morgan fingerprint density at radius 3 is 2.36 bits per heavy atom. The highest BCUT2D eigenvalue weighted by molar-refractivity contribution is 14.0. The molecule has 25 heavy (non-hydrogen) atoms. The van der Waals surface area contributed by atoms with Crippen molar-refractivity contribution in [2.45, 2.75) is 39.2 Å². The molecule has 3 rings (SSSR count). The molecule has 8 heteroatoms. The molecule has 3 fully saturated rings. The van der Waals surface area contributed by atoms with Gasteiger partial charge in [0.05, 0.1) is 11.5 Å². The van der Waals surface area contributed by atoms with E-state index >= 15 is 0 Å². The Morgan fingerprint density at radius 1 is 1.16 bits per heavy atom. The maximum Gasteiger partial charge on any atom is 0.194 e. The second kappa shape index (κ2) is 9.21. The van der Waals surface area contributed by atoms with Crippen molar-refractivity contribution in [3.63, 3.8) is 0 Å². The fraction of sp³-hybridized carbons (Fsp3) is 0.941. The summed E-state index contributed by atoms with van der Waals surface area (Å²) in [6.45, 7) is 10.5. The first-order valence-electron chi connectivity index (χ1n) is 9.40. The summed E-state index contributed by atoms with van der Waals surface area (Å²) in [6.07, 6.45) is 3.22. The van der Waals surface area contributed by atoms with Gasteiger partial charge in [0.25, 0.3) is 0 Å². The molecule has 0 aromatic heterocycles. The Hall–Kier alpha value is -0.0900. The monoisotopic (exact) mass is 484 g/mol. The maximum absolute atomic E-state index is 11.6. The zero-order chi connectivity index (χ0) is 17.2. The second-order valence-corrected chi connectivity index (χ2v) is 10.3. The third kappa shape index (κ3) is 6.86. The highest BCUT2D eigenvalue weighted by Gasteiger charge is 2.29. The lowest BCUT2D eigenvalue weighted by Gasteiger charge is -2.37. The maximum atomic E-state index is 11.6. The van der Waals surface area contributed by atoms with Crippen molar-refractivity contribution >= 4 is 39.8 Å². The first-order valence-corrected chi connectivity index (χ1v) is 11.2. The molecule has 2 aliphatic heterocycles. The number of hydrogen-bond donors (Lipinski definition) is 1. The van der Waals surface area contributed by atoms with Crippen LogP contribution in [0, 0.1) is 11.8 Å². The third-order valence-corrected chi connectivity index (χ3v) is 6.87. The van der Waals surface area contributed by atoms with E-state index < -0.39 is 9.84 Å². The molecule has 1 saturated carbocycles. The summed E-state index contributed by atoms with van der Waals surface area (Å²) in [5.41, 5.74) is 0. The van der Waals surface area contributed by atoms with Gasteiger partial charge < -0.3 is 10.2 Å². The number of nitrogens with zero attached hydrogens (tertiary/aromatic N) is 3. The van der Waals surface area contributed by atoms with E-state index in [0.29, 0.717) is 30.0 Å². The molecular weight excluding hydrogens is 451 g/mol. The minimum absolute atomic E-state index is 0. The van der Waals surface area contributed by atoms with Crippen LogP contribution in [0.5, 0.6) is 0 Å². The molecule has 146 valence electrons. The number of aliphatic imine (C=N–C) groups is 1. The Balaban J connectivity index is 0.00000225. The van der Waals surface area contributed by atoms with Crippen LogP contribution >= 0.6 is 24.0 Å². The van der Waals surface area contributed by atoms with Crippen molar-refractivity contribution in [2.75, 3.05) is 50.8 Å². The van der Waals surface area contributed by atoms with Crippen molar-refractivity contribution in [3.05, 3.63) is 0 Å². The summed E-state index contributed by atoms with van der Waals surface area (Å²) in [5.74, 6) is 2.57. The number of halogens is 1. The summed E-state index contributed by atoms with van der Waals surface area (Å²) >= 11 is 0. The summed E-state index contributed by atoms with van der Waals surface area (Å²) in [5, 5.41) is 3.57. The van der Waals surface area contributed by atoms with Gasteiger partial charge in [-0.1, -0.05) is 13.8 Å². The van der Waals surface area contributed by atoms with Crippen LogP contribution in [0.25, 0.3) is 0 Å². The lowest BCUT2D eigenvalue weighted by molar-refractivity contribution is 0.163. The standard InChI is InChI=1S/C17H32N4O2S.HI/c1-14(2)12-20-6-8-21(9-7-20)17(19-16-3-4-16)18-11-15-5-10-24(22,23)13-15;/h14-16H,3-13H2,1-2H3,(H,18,19);1H. The molecule has 2 heterocycles. The summed E-state index contributed by atoms with van der Waals surface area (Å²) in [6, 6.07) is 0.574. The van der Waals surface area contributed by atoms with Crippen LogP contribution in [0.15, 0.2) is 4.99 Å². The minimum Gasteiger partial charge on any atom is -0.354 e. The topological polar surface area (TPSA) is 65.0 Å². The Labute approximate surface area is 169 Å². The molecule has 0 radical (unpaired) electrons. The van der Waals surface area contributed by atoms with Crippen molar-refractivity contribution in [1.29, 1.82) is 0 Å². The van der Waals surface area contributed by atoms with Gasteiger partial charge in [0.15, 0.2) is 15.8 Å². The molecule has 1 atom stereocenters. The molecule has 0 spiro atoms. The molecule has 0 bridgehead atoms. The van der Waals surface area contributed by atoms with Gasteiger partial charge in [-0.05, 0) is 31.1 Å². The van der Waals surface area contributed by atoms with Gasteiger partial charge in [0.1, 0.15) is 0 Å². The van der Waals surface area contributed by atoms with Gasteiger partial charge in [0.2, 0.25) is 0 Å². The van der Waals surface area contributed by atoms with Crippen LogP contribution in [0.1, 0.15) is 33.1 Å². The Bertz CT molecular complexity index is 555. The highest BCUT2D eigenvalue weighted by atomic mass is 127. The lowest BCUT2D eigenvalue weighted by Crippen LogP contribution is -2.53. The third-order valence-electron chi connectivity index (χ3n) is 5.03. The lowest BCUT2D eigenvalue weighted by atomic mass is 10.1. The van der Waals surface area contributed by atoms with E-state index in [2.05, 4.69) is 29.0 Å². The number of guanidine groups is 1. The molecule has 1 unspecified atom stereocenters. The van der Waals surface area contributed by atoms with E-state index in [4.69, 9.17) is 4.99 Å². The van der Waals surface area contributed by atoms with Crippen LogP contribution in [-0.2, 0) is 9.84 Å². The predicted octanol–water partition coefficient (Wildman–Crippen LogP) is 1.42. The first-order chi connectivity index (χ1) is 11.4. The molecule has 3 aliphatic rings. The molecule has 0 aromatic carbocycles. The number of nitrogens with one attached hydrogen (secondary N) is 1. The fourth-order valence-corrected chi connectivity index (χ4v) is 5.39. The van der Waals surface area contributed by atoms with Crippen molar-refractivity contribution in [2.24, 2.45) is 16.8 Å². The smallest absolute Gasteiger partial charge is 0.194 e. The highest BCUT2D eigenvalue weighted by Crippen LogP contribution is 2.21. The summed E-state index contributed by atoms with van der Waals surface area (Å²) in [7, 11) is -2.81. The minimum atomic E-state index is -2.81. The van der Waals surface area contributed by atoms with Gasteiger partial charge in [-0.3, -0.25) is 9.89 Å².